The SMILES string of the molecule is CCCC1C/C(=C2\c3ccccc3Oc3c(C(N)=S)cccc32)CCN1Cc1ccccn1. The molecule has 0 amide bonds. The molecule has 2 aliphatic rings. The van der Waals surface area contributed by atoms with Gasteiger partial charge in [-0.05, 0) is 49.1 Å². The van der Waals surface area contributed by atoms with Gasteiger partial charge in [-0.15, -0.1) is 0 Å². The summed E-state index contributed by atoms with van der Waals surface area (Å²) in [6, 6.07) is 21.1. The molecule has 2 N–H and O–H groups in total. The van der Waals surface area contributed by atoms with Crippen LogP contribution in [-0.2, 0) is 6.54 Å². The van der Waals surface area contributed by atoms with E-state index >= 15 is 0 Å². The highest BCUT2D eigenvalue weighted by Crippen LogP contribution is 2.48. The Morgan fingerprint density at radius 2 is 1.91 bits per heavy atom. The Bertz CT molecular complexity index is 1200. The molecule has 2 aliphatic heterocycles. The van der Waals surface area contributed by atoms with Crippen LogP contribution in [0.4, 0.5) is 0 Å². The number of fused-ring (bicyclic) bond motifs is 2. The van der Waals surface area contributed by atoms with E-state index in [-0.39, 0.29) is 0 Å². The second kappa shape index (κ2) is 9.46. The first-order valence-corrected chi connectivity index (χ1v) is 12.1. The highest BCUT2D eigenvalue weighted by Gasteiger charge is 2.31. The second-order valence-electron chi connectivity index (χ2n) is 8.81. The van der Waals surface area contributed by atoms with Gasteiger partial charge in [0.15, 0.2) is 0 Å². The molecule has 168 valence electrons. The van der Waals surface area contributed by atoms with Crippen molar-refractivity contribution in [1.29, 1.82) is 0 Å². The molecular weight excluding hydrogens is 426 g/mol. The topological polar surface area (TPSA) is 51.4 Å². The lowest BCUT2D eigenvalue weighted by atomic mass is 9.82. The van der Waals surface area contributed by atoms with Crippen LogP contribution in [0, 0.1) is 0 Å². The Labute approximate surface area is 201 Å². The Morgan fingerprint density at radius 1 is 1.09 bits per heavy atom. The summed E-state index contributed by atoms with van der Waals surface area (Å²) < 4.78 is 6.35. The van der Waals surface area contributed by atoms with Gasteiger partial charge in [-0.1, -0.05) is 67.5 Å². The van der Waals surface area contributed by atoms with Crippen molar-refractivity contribution in [2.75, 3.05) is 6.54 Å². The molecule has 4 nitrogen and oxygen atoms in total. The molecule has 1 fully saturated rings. The molecule has 0 bridgehead atoms. The first kappa shape index (κ1) is 21.8. The quantitative estimate of drug-likeness (QED) is 0.369. The standard InChI is InChI=1S/C28H29N3OS/c1-2-8-21-17-19(14-16-31(21)18-20-9-5-6-15-30-20)26-22-10-3-4-13-25(22)32-27-23(26)11-7-12-24(27)28(29)33/h3-7,9-13,15,21H,2,8,14,16-18H2,1H3,(H2,29,33)/b26-19+. The van der Waals surface area contributed by atoms with Gasteiger partial charge in [0, 0.05) is 36.5 Å². The number of aromatic nitrogens is 1. The fourth-order valence-corrected chi connectivity index (χ4v) is 5.33. The van der Waals surface area contributed by atoms with Gasteiger partial charge >= 0.3 is 0 Å². The Balaban J connectivity index is 1.57. The molecule has 5 heteroatoms. The number of nitrogens with two attached hydrogens (primary N) is 1. The number of hydrogen-bond donors (Lipinski definition) is 1. The van der Waals surface area contributed by atoms with Gasteiger partial charge in [0.1, 0.15) is 16.5 Å². The Hall–Kier alpha value is -3.02. The molecule has 3 aromatic rings. The normalized spacial score (nSPS) is 20.0. The zero-order valence-corrected chi connectivity index (χ0v) is 19.8. The van der Waals surface area contributed by atoms with Gasteiger partial charge in [-0.3, -0.25) is 9.88 Å². The van der Waals surface area contributed by atoms with E-state index in [0.29, 0.717) is 11.0 Å². The average Bonchev–Trinajstić information content (AvgIpc) is 2.84. The molecule has 1 unspecified atom stereocenters. The summed E-state index contributed by atoms with van der Waals surface area (Å²) in [5.41, 5.74) is 13.0. The average molecular weight is 456 g/mol. The van der Waals surface area contributed by atoms with E-state index in [2.05, 4.69) is 47.1 Å². The molecule has 1 aromatic heterocycles. The molecule has 5 rings (SSSR count). The van der Waals surface area contributed by atoms with Crippen molar-refractivity contribution in [3.63, 3.8) is 0 Å². The predicted molar refractivity (Wildman–Crippen MR) is 137 cm³/mol. The van der Waals surface area contributed by atoms with Crippen LogP contribution in [0.1, 0.15) is 55.0 Å². The molecule has 0 saturated carbocycles. The fraction of sp³-hybridized carbons (Fsp3) is 0.286. The first-order valence-electron chi connectivity index (χ1n) is 11.7. The van der Waals surface area contributed by atoms with E-state index in [1.54, 1.807) is 0 Å². The van der Waals surface area contributed by atoms with Crippen LogP contribution < -0.4 is 10.5 Å². The first-order chi connectivity index (χ1) is 16.2. The van der Waals surface area contributed by atoms with Crippen LogP contribution >= 0.6 is 12.2 Å². The molecule has 1 saturated heterocycles. The van der Waals surface area contributed by atoms with Crippen LogP contribution in [0.2, 0.25) is 0 Å². The summed E-state index contributed by atoms with van der Waals surface area (Å²) in [6.45, 7) is 4.19. The smallest absolute Gasteiger partial charge is 0.145 e. The van der Waals surface area contributed by atoms with Crippen molar-refractivity contribution in [2.24, 2.45) is 5.73 Å². The van der Waals surface area contributed by atoms with Crippen LogP contribution in [0.15, 0.2) is 72.4 Å². The third-order valence-corrected chi connectivity index (χ3v) is 6.90. The molecule has 3 heterocycles. The van der Waals surface area contributed by atoms with Crippen LogP contribution in [-0.4, -0.2) is 27.5 Å². The maximum Gasteiger partial charge on any atom is 0.145 e. The number of ether oxygens (including phenoxy) is 1. The Kier molecular flexibility index (Phi) is 6.25. The van der Waals surface area contributed by atoms with E-state index in [1.165, 1.54) is 17.6 Å². The number of likely N-dealkylation sites (tertiary alicyclic amines) is 1. The minimum absolute atomic E-state index is 0.365. The number of benzene rings is 2. The number of piperidine rings is 1. The zero-order valence-electron chi connectivity index (χ0n) is 19.0. The van der Waals surface area contributed by atoms with Crippen LogP contribution in [0.5, 0.6) is 11.5 Å². The number of rotatable bonds is 5. The molecule has 2 aromatic carbocycles. The second-order valence-corrected chi connectivity index (χ2v) is 9.25. The number of thiocarbonyl (C=S) groups is 1. The van der Waals surface area contributed by atoms with Crippen LogP contribution in [0.25, 0.3) is 5.57 Å². The van der Waals surface area contributed by atoms with Crippen molar-refractivity contribution < 1.29 is 4.74 Å². The molecule has 33 heavy (non-hydrogen) atoms. The number of nitrogens with zero attached hydrogens (tertiary/aromatic N) is 2. The summed E-state index contributed by atoms with van der Waals surface area (Å²) in [5.74, 6) is 1.66. The van der Waals surface area contributed by atoms with Crippen molar-refractivity contribution >= 4 is 22.8 Å². The van der Waals surface area contributed by atoms with Crippen molar-refractivity contribution in [3.05, 3.63) is 94.8 Å². The minimum Gasteiger partial charge on any atom is -0.455 e. The van der Waals surface area contributed by atoms with Gasteiger partial charge in [-0.2, -0.15) is 0 Å². The summed E-state index contributed by atoms with van der Waals surface area (Å²) in [7, 11) is 0. The van der Waals surface area contributed by atoms with E-state index in [9.17, 15) is 0 Å². The predicted octanol–water partition coefficient (Wildman–Crippen LogP) is 6.09. The minimum atomic E-state index is 0.365. The maximum absolute atomic E-state index is 6.35. The number of hydrogen-bond acceptors (Lipinski definition) is 4. The molecule has 0 spiro atoms. The highest BCUT2D eigenvalue weighted by atomic mass is 32.1. The monoisotopic (exact) mass is 455 g/mol. The molecule has 1 atom stereocenters. The summed E-state index contributed by atoms with van der Waals surface area (Å²) >= 11 is 5.34. The summed E-state index contributed by atoms with van der Waals surface area (Å²) in [4.78, 5) is 7.54. The van der Waals surface area contributed by atoms with Gasteiger partial charge < -0.3 is 10.5 Å². The van der Waals surface area contributed by atoms with Crippen molar-refractivity contribution in [3.8, 4) is 11.5 Å². The van der Waals surface area contributed by atoms with Crippen molar-refractivity contribution in [1.82, 2.24) is 9.88 Å². The zero-order chi connectivity index (χ0) is 22.8. The molecule has 0 radical (unpaired) electrons. The van der Waals surface area contributed by atoms with Gasteiger partial charge in [0.2, 0.25) is 0 Å². The molecular formula is C28H29N3OS. The van der Waals surface area contributed by atoms with Gasteiger partial charge in [-0.25, -0.2) is 0 Å². The lowest BCUT2D eigenvalue weighted by Gasteiger charge is -2.38. The van der Waals surface area contributed by atoms with Gasteiger partial charge in [0.25, 0.3) is 0 Å². The van der Waals surface area contributed by atoms with Crippen molar-refractivity contribution in [2.45, 2.75) is 45.2 Å². The Morgan fingerprint density at radius 3 is 2.70 bits per heavy atom. The summed E-state index contributed by atoms with van der Waals surface area (Å²) in [6.07, 6.45) is 6.28. The lowest BCUT2D eigenvalue weighted by Crippen LogP contribution is -2.40. The lowest BCUT2D eigenvalue weighted by molar-refractivity contribution is 0.154. The third-order valence-electron chi connectivity index (χ3n) is 6.68. The van der Waals surface area contributed by atoms with E-state index in [0.717, 1.165) is 66.2 Å². The summed E-state index contributed by atoms with van der Waals surface area (Å²) in [5, 5.41) is 0. The number of para-hydroxylation sites is 2. The third kappa shape index (κ3) is 4.31. The van der Waals surface area contributed by atoms with E-state index < -0.39 is 0 Å². The maximum atomic E-state index is 6.35. The largest absolute Gasteiger partial charge is 0.455 e. The van der Waals surface area contributed by atoms with Crippen LogP contribution in [0.3, 0.4) is 0 Å². The fourth-order valence-electron chi connectivity index (χ4n) is 5.17. The highest BCUT2D eigenvalue weighted by molar-refractivity contribution is 7.80. The van der Waals surface area contributed by atoms with E-state index in [4.69, 9.17) is 22.7 Å². The molecule has 0 aliphatic carbocycles. The van der Waals surface area contributed by atoms with Gasteiger partial charge in [0.05, 0.1) is 11.3 Å². The number of pyridine rings is 1. The van der Waals surface area contributed by atoms with E-state index in [1.807, 2.05) is 36.5 Å².